The summed E-state index contributed by atoms with van der Waals surface area (Å²) in [6, 6.07) is -1.78. The Kier molecular flexibility index (Phi) is 5.94. The van der Waals surface area contributed by atoms with Crippen LogP contribution in [0.1, 0.15) is 25.7 Å². The molecule has 0 aromatic carbocycles. The van der Waals surface area contributed by atoms with E-state index in [4.69, 9.17) is 16.6 Å². The monoisotopic (exact) mass is 300 g/mol. The quantitative estimate of drug-likeness (QED) is 0.475. The third-order valence-corrected chi connectivity index (χ3v) is 3.39. The number of primary amides is 2. The number of carbonyl (C=O) groups is 4. The predicted molar refractivity (Wildman–Crippen MR) is 71.9 cm³/mol. The van der Waals surface area contributed by atoms with E-state index in [9.17, 15) is 19.2 Å². The topological polar surface area (TPSA) is 156 Å². The highest BCUT2D eigenvalue weighted by Crippen LogP contribution is 2.16. The molecule has 1 aliphatic heterocycles. The van der Waals surface area contributed by atoms with Gasteiger partial charge in [0.2, 0.25) is 11.8 Å². The smallest absolute Gasteiger partial charge is 0.326 e. The molecule has 1 fully saturated rings. The molecule has 1 aliphatic rings. The molecule has 0 bridgehead atoms. The minimum atomic E-state index is -1.24. The van der Waals surface area contributed by atoms with Crippen LogP contribution >= 0.6 is 0 Å². The Bertz CT molecular complexity index is 439. The number of piperidine rings is 1. The van der Waals surface area contributed by atoms with E-state index in [1.807, 2.05) is 0 Å². The zero-order chi connectivity index (χ0) is 16.0. The van der Waals surface area contributed by atoms with Crippen LogP contribution in [0.3, 0.4) is 0 Å². The van der Waals surface area contributed by atoms with Crippen LogP contribution in [0.5, 0.6) is 0 Å². The number of aliphatic carboxylic acids is 1. The second kappa shape index (κ2) is 7.46. The average Bonchev–Trinajstić information content (AvgIpc) is 2.42. The van der Waals surface area contributed by atoms with Gasteiger partial charge in [0.15, 0.2) is 0 Å². The summed E-state index contributed by atoms with van der Waals surface area (Å²) >= 11 is 0. The van der Waals surface area contributed by atoms with Gasteiger partial charge >= 0.3 is 12.0 Å². The highest BCUT2D eigenvalue weighted by Gasteiger charge is 2.29. The van der Waals surface area contributed by atoms with Gasteiger partial charge in [-0.2, -0.15) is 0 Å². The number of nitrogens with zero attached hydrogens (tertiary/aromatic N) is 1. The van der Waals surface area contributed by atoms with Gasteiger partial charge in [0.1, 0.15) is 6.04 Å². The fourth-order valence-corrected chi connectivity index (χ4v) is 2.18. The van der Waals surface area contributed by atoms with Gasteiger partial charge in [-0.25, -0.2) is 9.59 Å². The molecule has 9 nitrogen and oxygen atoms in total. The van der Waals surface area contributed by atoms with Crippen molar-refractivity contribution < 1.29 is 24.3 Å². The van der Waals surface area contributed by atoms with Gasteiger partial charge in [-0.05, 0) is 19.3 Å². The summed E-state index contributed by atoms with van der Waals surface area (Å²) in [5.74, 6) is -2.77. The molecule has 0 aromatic rings. The van der Waals surface area contributed by atoms with Crippen molar-refractivity contribution in [1.29, 1.82) is 0 Å². The van der Waals surface area contributed by atoms with Crippen molar-refractivity contribution in [2.75, 3.05) is 13.1 Å². The molecule has 9 heteroatoms. The van der Waals surface area contributed by atoms with E-state index in [1.54, 1.807) is 0 Å². The van der Waals surface area contributed by atoms with Crippen LogP contribution in [0.2, 0.25) is 0 Å². The van der Waals surface area contributed by atoms with Crippen LogP contribution < -0.4 is 16.8 Å². The highest BCUT2D eigenvalue weighted by atomic mass is 16.4. The Morgan fingerprint density at radius 2 is 1.95 bits per heavy atom. The number of nitrogens with two attached hydrogens (primary N) is 2. The van der Waals surface area contributed by atoms with Crippen LogP contribution in [-0.2, 0) is 14.4 Å². The molecule has 4 amide bonds. The normalized spacial score (nSPS) is 19.6. The number of likely N-dealkylation sites (tertiary alicyclic amines) is 1. The number of amides is 4. The molecular weight excluding hydrogens is 280 g/mol. The molecule has 1 heterocycles. The van der Waals surface area contributed by atoms with Crippen LogP contribution in [0.25, 0.3) is 0 Å². The Hall–Kier alpha value is -2.32. The van der Waals surface area contributed by atoms with Crippen molar-refractivity contribution in [1.82, 2.24) is 10.2 Å². The second-order valence-electron chi connectivity index (χ2n) is 5.03. The van der Waals surface area contributed by atoms with Gasteiger partial charge in [0.05, 0.1) is 5.92 Å². The lowest BCUT2D eigenvalue weighted by Crippen LogP contribution is -2.52. The average molecular weight is 300 g/mol. The lowest BCUT2D eigenvalue weighted by atomic mass is 9.98. The number of urea groups is 1. The van der Waals surface area contributed by atoms with Gasteiger partial charge in [-0.3, -0.25) is 9.59 Å². The van der Waals surface area contributed by atoms with E-state index < -0.39 is 35.8 Å². The first-order valence-electron chi connectivity index (χ1n) is 6.67. The highest BCUT2D eigenvalue weighted by molar-refractivity contribution is 5.84. The van der Waals surface area contributed by atoms with Gasteiger partial charge in [0, 0.05) is 19.5 Å². The molecule has 1 saturated heterocycles. The molecule has 0 aromatic heterocycles. The number of rotatable bonds is 6. The number of hydrogen-bond acceptors (Lipinski definition) is 4. The molecule has 0 saturated carbocycles. The first-order valence-corrected chi connectivity index (χ1v) is 6.67. The molecule has 2 atom stereocenters. The standard InChI is InChI=1S/C12H20N4O5/c13-9(17)4-3-8(11(19)20)15-12(21)16-5-1-2-7(6-16)10(14)18/h7-8H,1-6H2,(H2,13,17)(H2,14,18)(H,15,21)(H,19,20)/t7?,8-/m0/s1. The Labute approximate surface area is 121 Å². The van der Waals surface area contributed by atoms with Gasteiger partial charge in [0.25, 0.3) is 0 Å². The second-order valence-corrected chi connectivity index (χ2v) is 5.03. The van der Waals surface area contributed by atoms with Crippen LogP contribution in [-0.4, -0.2) is 53.0 Å². The molecule has 1 rings (SSSR count). The fraction of sp³-hybridized carbons (Fsp3) is 0.667. The van der Waals surface area contributed by atoms with Crippen molar-refractivity contribution in [3.05, 3.63) is 0 Å². The Morgan fingerprint density at radius 3 is 2.48 bits per heavy atom. The summed E-state index contributed by atoms with van der Waals surface area (Å²) in [4.78, 5) is 46.2. The number of nitrogens with one attached hydrogen (secondary N) is 1. The zero-order valence-corrected chi connectivity index (χ0v) is 11.6. The maximum atomic E-state index is 12.0. The largest absolute Gasteiger partial charge is 0.480 e. The van der Waals surface area contributed by atoms with Gasteiger partial charge < -0.3 is 26.8 Å². The lowest BCUT2D eigenvalue weighted by molar-refractivity contribution is -0.139. The summed E-state index contributed by atoms with van der Waals surface area (Å²) in [6.07, 6.45) is 1.02. The van der Waals surface area contributed by atoms with Crippen LogP contribution in [0.4, 0.5) is 4.79 Å². The number of carbonyl (C=O) groups excluding carboxylic acids is 3. The van der Waals surface area contributed by atoms with E-state index in [1.165, 1.54) is 4.90 Å². The molecule has 1 unspecified atom stereocenters. The van der Waals surface area contributed by atoms with Crippen molar-refractivity contribution in [3.63, 3.8) is 0 Å². The molecular formula is C12H20N4O5. The van der Waals surface area contributed by atoms with E-state index in [0.717, 1.165) is 0 Å². The third-order valence-electron chi connectivity index (χ3n) is 3.39. The van der Waals surface area contributed by atoms with Crippen molar-refractivity contribution in [2.24, 2.45) is 17.4 Å². The summed E-state index contributed by atoms with van der Waals surface area (Å²) < 4.78 is 0. The zero-order valence-electron chi connectivity index (χ0n) is 11.6. The molecule has 0 aliphatic carbocycles. The predicted octanol–water partition coefficient (Wildman–Crippen LogP) is -1.39. The number of carboxylic acid groups (broad SMARTS) is 1. The van der Waals surface area contributed by atoms with Crippen LogP contribution in [0.15, 0.2) is 0 Å². The first kappa shape index (κ1) is 16.7. The first-order chi connectivity index (χ1) is 9.81. The maximum absolute atomic E-state index is 12.0. The molecule has 0 spiro atoms. The molecule has 21 heavy (non-hydrogen) atoms. The summed E-state index contributed by atoms with van der Waals surface area (Å²) in [6.45, 7) is 0.598. The maximum Gasteiger partial charge on any atom is 0.326 e. The summed E-state index contributed by atoms with van der Waals surface area (Å²) in [7, 11) is 0. The van der Waals surface area contributed by atoms with E-state index in [-0.39, 0.29) is 19.4 Å². The summed E-state index contributed by atoms with van der Waals surface area (Å²) in [5, 5.41) is 11.3. The van der Waals surface area contributed by atoms with Crippen molar-refractivity contribution in [2.45, 2.75) is 31.7 Å². The Morgan fingerprint density at radius 1 is 1.29 bits per heavy atom. The van der Waals surface area contributed by atoms with Crippen LogP contribution in [0, 0.1) is 5.92 Å². The van der Waals surface area contributed by atoms with Gasteiger partial charge in [-0.15, -0.1) is 0 Å². The minimum absolute atomic E-state index is 0.0799. The summed E-state index contributed by atoms with van der Waals surface area (Å²) in [5.41, 5.74) is 10.2. The SMILES string of the molecule is NC(=O)CC[C@H](NC(=O)N1CCCC(C(N)=O)C1)C(=O)O. The lowest BCUT2D eigenvalue weighted by Gasteiger charge is -2.32. The van der Waals surface area contributed by atoms with Gasteiger partial charge in [-0.1, -0.05) is 0 Å². The minimum Gasteiger partial charge on any atom is -0.480 e. The Balaban J connectivity index is 2.58. The van der Waals surface area contributed by atoms with Crippen molar-refractivity contribution >= 4 is 23.8 Å². The molecule has 6 N–H and O–H groups in total. The van der Waals surface area contributed by atoms with E-state index >= 15 is 0 Å². The van der Waals surface area contributed by atoms with Crippen molar-refractivity contribution in [3.8, 4) is 0 Å². The number of carboxylic acids is 1. The molecule has 0 radical (unpaired) electrons. The third kappa shape index (κ3) is 5.28. The fourth-order valence-electron chi connectivity index (χ4n) is 2.18. The van der Waals surface area contributed by atoms with E-state index in [0.29, 0.717) is 19.4 Å². The number of hydrogen-bond donors (Lipinski definition) is 4. The molecule has 118 valence electrons. The van der Waals surface area contributed by atoms with E-state index in [2.05, 4.69) is 5.32 Å².